The van der Waals surface area contributed by atoms with Crippen molar-refractivity contribution in [3.8, 4) is 0 Å². The minimum Gasteiger partial charge on any atom is -0.212 e. The standard InChI is InChI=1S/C20H20FS/c1-3-10-18(16-15-17(2)21)22(19-11-6-4-7-12-19)20-13-8-5-9-14-20/h3-16H,1-2H3/q+1/b10-3-,17-15+,18-16+. The molecule has 2 heteroatoms. The van der Waals surface area contributed by atoms with E-state index in [1.54, 1.807) is 0 Å². The first-order valence-corrected chi connectivity index (χ1v) is 8.46. The summed E-state index contributed by atoms with van der Waals surface area (Å²) >= 11 is 0. The molecule has 2 rings (SSSR count). The van der Waals surface area contributed by atoms with E-state index in [1.165, 1.54) is 22.8 Å². The van der Waals surface area contributed by atoms with Gasteiger partial charge in [-0.2, -0.15) is 0 Å². The summed E-state index contributed by atoms with van der Waals surface area (Å²) in [5.74, 6) is -0.188. The molecule has 22 heavy (non-hydrogen) atoms. The van der Waals surface area contributed by atoms with E-state index in [0.717, 1.165) is 4.91 Å². The highest BCUT2D eigenvalue weighted by molar-refractivity contribution is 8.00. The Morgan fingerprint density at radius 3 is 1.77 bits per heavy atom. The van der Waals surface area contributed by atoms with Crippen LogP contribution in [-0.4, -0.2) is 0 Å². The summed E-state index contributed by atoms with van der Waals surface area (Å²) < 4.78 is 13.2. The second-order valence-electron chi connectivity index (χ2n) is 4.75. The molecule has 0 bridgehead atoms. The average molecular weight is 311 g/mol. The van der Waals surface area contributed by atoms with E-state index in [9.17, 15) is 4.39 Å². The molecule has 0 heterocycles. The van der Waals surface area contributed by atoms with E-state index in [4.69, 9.17) is 0 Å². The molecule has 0 aliphatic heterocycles. The summed E-state index contributed by atoms with van der Waals surface area (Å²) in [6.45, 7) is 3.45. The Balaban J connectivity index is 2.56. The molecule has 0 nitrogen and oxygen atoms in total. The van der Waals surface area contributed by atoms with Crippen LogP contribution in [0.1, 0.15) is 13.8 Å². The molecule has 0 spiro atoms. The molecular formula is C20H20FS+. The zero-order valence-corrected chi connectivity index (χ0v) is 13.7. The zero-order chi connectivity index (χ0) is 15.8. The molecule has 0 radical (unpaired) electrons. The van der Waals surface area contributed by atoms with Gasteiger partial charge in [0, 0.05) is 0 Å². The van der Waals surface area contributed by atoms with Crippen LogP contribution in [0.3, 0.4) is 0 Å². The highest BCUT2D eigenvalue weighted by Gasteiger charge is 2.28. The maximum absolute atomic E-state index is 13.2. The van der Waals surface area contributed by atoms with Crippen molar-refractivity contribution < 1.29 is 4.39 Å². The maximum Gasteiger partial charge on any atom is 0.166 e. The summed E-state index contributed by atoms with van der Waals surface area (Å²) in [4.78, 5) is 3.54. The van der Waals surface area contributed by atoms with Gasteiger partial charge in [-0.05, 0) is 56.3 Å². The van der Waals surface area contributed by atoms with Gasteiger partial charge in [-0.15, -0.1) is 0 Å². The Morgan fingerprint density at radius 1 is 0.864 bits per heavy atom. The lowest BCUT2D eigenvalue weighted by molar-refractivity contribution is 0.640. The molecule has 0 aliphatic rings. The van der Waals surface area contributed by atoms with Crippen LogP contribution in [0.2, 0.25) is 0 Å². The minimum atomic E-state index is -0.242. The van der Waals surface area contributed by atoms with Crippen LogP contribution in [0.4, 0.5) is 4.39 Å². The lowest BCUT2D eigenvalue weighted by Gasteiger charge is -2.08. The van der Waals surface area contributed by atoms with E-state index in [1.807, 2.05) is 55.5 Å². The summed E-state index contributed by atoms with van der Waals surface area (Å²) in [6, 6.07) is 20.7. The van der Waals surface area contributed by atoms with Gasteiger partial charge in [-0.25, -0.2) is 4.39 Å². The molecular weight excluding hydrogens is 291 g/mol. The van der Waals surface area contributed by atoms with Gasteiger partial charge in [0.1, 0.15) is 0 Å². The fraction of sp³-hybridized carbons (Fsp3) is 0.100. The van der Waals surface area contributed by atoms with Gasteiger partial charge in [0.2, 0.25) is 0 Å². The zero-order valence-electron chi connectivity index (χ0n) is 12.9. The fourth-order valence-electron chi connectivity index (χ4n) is 2.07. The van der Waals surface area contributed by atoms with Gasteiger partial charge in [0.25, 0.3) is 0 Å². The average Bonchev–Trinajstić information content (AvgIpc) is 2.55. The van der Waals surface area contributed by atoms with Crippen molar-refractivity contribution in [1.29, 1.82) is 0 Å². The van der Waals surface area contributed by atoms with Gasteiger partial charge in [0.15, 0.2) is 14.7 Å². The first-order valence-electron chi connectivity index (χ1n) is 7.23. The molecule has 0 saturated heterocycles. The van der Waals surface area contributed by atoms with Crippen LogP contribution in [0.5, 0.6) is 0 Å². The van der Waals surface area contributed by atoms with E-state index >= 15 is 0 Å². The van der Waals surface area contributed by atoms with E-state index in [-0.39, 0.29) is 16.7 Å². The predicted octanol–water partition coefficient (Wildman–Crippen LogP) is 6.06. The first-order chi connectivity index (χ1) is 10.7. The molecule has 2 aromatic rings. The summed E-state index contributed by atoms with van der Waals surface area (Å²) in [5.41, 5.74) is 0. The molecule has 0 aromatic heterocycles. The number of halogens is 1. The third kappa shape index (κ3) is 4.47. The third-order valence-corrected chi connectivity index (χ3v) is 5.23. The number of hydrogen-bond acceptors (Lipinski definition) is 0. The van der Waals surface area contributed by atoms with E-state index in [2.05, 4.69) is 30.3 Å². The molecule has 0 N–H and O–H groups in total. The molecule has 112 valence electrons. The van der Waals surface area contributed by atoms with Gasteiger partial charge in [-0.3, -0.25) is 0 Å². The van der Waals surface area contributed by atoms with Crippen LogP contribution in [0.25, 0.3) is 0 Å². The highest BCUT2D eigenvalue weighted by atomic mass is 32.2. The Morgan fingerprint density at radius 2 is 1.36 bits per heavy atom. The quantitative estimate of drug-likeness (QED) is 0.465. The smallest absolute Gasteiger partial charge is 0.166 e. The minimum absolute atomic E-state index is 0.188. The van der Waals surface area contributed by atoms with Gasteiger partial charge in [-0.1, -0.05) is 42.5 Å². The largest absolute Gasteiger partial charge is 0.212 e. The Hall–Kier alpha value is -2.06. The van der Waals surface area contributed by atoms with Crippen LogP contribution < -0.4 is 0 Å². The summed E-state index contributed by atoms with van der Waals surface area (Å²) in [7, 11) is -0.242. The van der Waals surface area contributed by atoms with Crippen molar-refractivity contribution in [3.63, 3.8) is 0 Å². The highest BCUT2D eigenvalue weighted by Crippen LogP contribution is 2.31. The first kappa shape index (κ1) is 16.3. The number of rotatable bonds is 5. The van der Waals surface area contributed by atoms with Crippen LogP contribution in [0, 0.1) is 0 Å². The molecule has 0 fully saturated rings. The predicted molar refractivity (Wildman–Crippen MR) is 94.5 cm³/mol. The van der Waals surface area contributed by atoms with Crippen molar-refractivity contribution in [1.82, 2.24) is 0 Å². The Bertz CT molecular complexity index is 626. The molecule has 2 aromatic carbocycles. The second kappa shape index (κ2) is 8.40. The molecule has 0 unspecified atom stereocenters. The van der Waals surface area contributed by atoms with Crippen molar-refractivity contribution in [2.45, 2.75) is 23.6 Å². The van der Waals surface area contributed by atoms with Gasteiger partial charge < -0.3 is 0 Å². The Kier molecular flexibility index (Phi) is 6.23. The Labute approximate surface area is 135 Å². The fourth-order valence-corrected chi connectivity index (χ4v) is 4.23. The van der Waals surface area contributed by atoms with Crippen LogP contribution in [-0.2, 0) is 10.9 Å². The normalized spacial score (nSPS) is 13.1. The van der Waals surface area contributed by atoms with Crippen molar-refractivity contribution in [3.05, 3.63) is 95.7 Å². The maximum atomic E-state index is 13.2. The molecule has 0 amide bonds. The topological polar surface area (TPSA) is 0 Å². The van der Waals surface area contributed by atoms with E-state index < -0.39 is 0 Å². The summed E-state index contributed by atoms with van der Waals surface area (Å²) in [5, 5.41) is 0. The third-order valence-electron chi connectivity index (χ3n) is 3.00. The van der Waals surface area contributed by atoms with Crippen molar-refractivity contribution in [2.24, 2.45) is 0 Å². The lowest BCUT2D eigenvalue weighted by Crippen LogP contribution is -2.05. The van der Waals surface area contributed by atoms with E-state index in [0.29, 0.717) is 0 Å². The molecule has 0 aliphatic carbocycles. The van der Waals surface area contributed by atoms with Crippen molar-refractivity contribution in [2.75, 3.05) is 0 Å². The number of benzene rings is 2. The molecule has 0 saturated carbocycles. The number of allylic oxidation sites excluding steroid dienone is 5. The van der Waals surface area contributed by atoms with Crippen LogP contribution >= 0.6 is 0 Å². The van der Waals surface area contributed by atoms with Gasteiger partial charge in [0.05, 0.1) is 16.7 Å². The number of hydrogen-bond donors (Lipinski definition) is 0. The van der Waals surface area contributed by atoms with Crippen LogP contribution in [0.15, 0.2) is 105 Å². The lowest BCUT2D eigenvalue weighted by atomic mass is 10.4. The molecule has 0 atom stereocenters. The monoisotopic (exact) mass is 311 g/mol. The summed E-state index contributed by atoms with van der Waals surface area (Å²) in [6.07, 6.45) is 7.46. The second-order valence-corrected chi connectivity index (χ2v) is 6.78. The van der Waals surface area contributed by atoms with Gasteiger partial charge >= 0.3 is 0 Å². The van der Waals surface area contributed by atoms with Crippen molar-refractivity contribution >= 4 is 10.9 Å². The SMILES string of the molecule is C\C=C/C(=C\C=C(/C)F)[S+](c1ccccc1)c1ccccc1.